The van der Waals surface area contributed by atoms with Crippen LogP contribution in [0.3, 0.4) is 0 Å². The largest absolute Gasteiger partial charge is 0.481 e. The van der Waals surface area contributed by atoms with Crippen LogP contribution in [-0.2, 0) is 4.79 Å². The number of unbranched alkanes of at least 4 members (excludes halogenated alkanes) is 1. The van der Waals surface area contributed by atoms with Crippen LogP contribution >= 0.6 is 0 Å². The van der Waals surface area contributed by atoms with Gasteiger partial charge in [-0.2, -0.15) is 0 Å². The molecule has 5 nitrogen and oxygen atoms in total. The van der Waals surface area contributed by atoms with Crippen LogP contribution < -0.4 is 0 Å². The highest BCUT2D eigenvalue weighted by Gasteiger charge is 2.13. The van der Waals surface area contributed by atoms with E-state index in [1.54, 1.807) is 19.0 Å². The van der Waals surface area contributed by atoms with Crippen molar-refractivity contribution in [2.24, 2.45) is 0 Å². The van der Waals surface area contributed by atoms with Gasteiger partial charge in [-0.1, -0.05) is 13.3 Å². The summed E-state index contributed by atoms with van der Waals surface area (Å²) in [5.74, 6) is -0.883. The molecule has 88 valence electrons. The van der Waals surface area contributed by atoms with Gasteiger partial charge in [0.2, 0.25) is 0 Å². The van der Waals surface area contributed by atoms with E-state index in [2.05, 4.69) is 6.92 Å². The molecular weight excluding hydrogens is 196 g/mol. The molecule has 0 heterocycles. The highest BCUT2D eigenvalue weighted by Crippen LogP contribution is 1.98. The van der Waals surface area contributed by atoms with Gasteiger partial charge in [-0.3, -0.25) is 4.79 Å². The molecule has 0 aliphatic heterocycles. The monoisotopic (exact) mass is 216 g/mol. The predicted octanol–water partition coefficient (Wildman–Crippen LogP) is 1.24. The van der Waals surface area contributed by atoms with Gasteiger partial charge in [-0.05, 0) is 6.42 Å². The molecular formula is C10H20N2O3. The lowest BCUT2D eigenvalue weighted by Crippen LogP contribution is -2.40. The molecule has 0 atom stereocenters. The molecule has 0 aromatic carbocycles. The van der Waals surface area contributed by atoms with E-state index in [4.69, 9.17) is 5.11 Å². The molecule has 0 aliphatic carbocycles. The Bertz CT molecular complexity index is 219. The van der Waals surface area contributed by atoms with Crippen LogP contribution in [0.15, 0.2) is 0 Å². The quantitative estimate of drug-likeness (QED) is 0.726. The summed E-state index contributed by atoms with van der Waals surface area (Å²) in [6, 6.07) is -0.121. The molecule has 0 fully saturated rings. The number of urea groups is 1. The van der Waals surface area contributed by atoms with Crippen molar-refractivity contribution in [3.8, 4) is 0 Å². The van der Waals surface area contributed by atoms with Gasteiger partial charge in [0.05, 0.1) is 6.42 Å². The molecule has 1 N–H and O–H groups in total. The minimum Gasteiger partial charge on any atom is -0.481 e. The second kappa shape index (κ2) is 7.09. The van der Waals surface area contributed by atoms with Gasteiger partial charge in [0.15, 0.2) is 0 Å². The molecule has 0 unspecified atom stereocenters. The summed E-state index contributed by atoms with van der Waals surface area (Å²) < 4.78 is 0. The van der Waals surface area contributed by atoms with Crippen molar-refractivity contribution in [1.29, 1.82) is 0 Å². The van der Waals surface area contributed by atoms with Crippen LogP contribution in [0.4, 0.5) is 4.79 Å². The van der Waals surface area contributed by atoms with Gasteiger partial charge in [0.1, 0.15) is 0 Å². The Morgan fingerprint density at radius 1 is 1.13 bits per heavy atom. The first-order valence-electron chi connectivity index (χ1n) is 5.17. The summed E-state index contributed by atoms with van der Waals surface area (Å²) in [7, 11) is 3.35. The lowest BCUT2D eigenvalue weighted by molar-refractivity contribution is -0.137. The fourth-order valence-corrected chi connectivity index (χ4v) is 1.14. The fourth-order valence-electron chi connectivity index (χ4n) is 1.14. The van der Waals surface area contributed by atoms with Crippen LogP contribution in [0.5, 0.6) is 0 Å². The number of hydrogen-bond donors (Lipinski definition) is 1. The van der Waals surface area contributed by atoms with Crippen LogP contribution in [-0.4, -0.2) is 54.1 Å². The van der Waals surface area contributed by atoms with Crippen LogP contribution in [0.1, 0.15) is 26.2 Å². The summed E-state index contributed by atoms with van der Waals surface area (Å²) in [5, 5.41) is 8.47. The molecule has 0 radical (unpaired) electrons. The molecule has 0 saturated carbocycles. The van der Waals surface area contributed by atoms with Crippen LogP contribution in [0, 0.1) is 0 Å². The van der Waals surface area contributed by atoms with Crippen molar-refractivity contribution in [1.82, 2.24) is 9.80 Å². The maximum atomic E-state index is 11.6. The van der Waals surface area contributed by atoms with E-state index in [1.165, 1.54) is 4.90 Å². The summed E-state index contributed by atoms with van der Waals surface area (Å²) in [6.45, 7) is 3.03. The van der Waals surface area contributed by atoms with Crippen molar-refractivity contribution >= 4 is 12.0 Å². The highest BCUT2D eigenvalue weighted by molar-refractivity contribution is 5.74. The maximum Gasteiger partial charge on any atom is 0.319 e. The number of carbonyl (C=O) groups is 2. The smallest absolute Gasteiger partial charge is 0.319 e. The van der Waals surface area contributed by atoms with Gasteiger partial charge in [-0.15, -0.1) is 0 Å². The number of carboxylic acid groups (broad SMARTS) is 1. The standard InChI is InChI=1S/C10H20N2O3/c1-4-5-7-11(2)10(15)12(3)8-6-9(13)14/h4-8H2,1-3H3,(H,13,14). The number of amides is 2. The zero-order valence-electron chi connectivity index (χ0n) is 9.69. The first-order chi connectivity index (χ1) is 6.99. The topological polar surface area (TPSA) is 60.9 Å². The van der Waals surface area contributed by atoms with E-state index in [9.17, 15) is 9.59 Å². The Balaban J connectivity index is 3.90. The molecule has 0 bridgehead atoms. The zero-order valence-corrected chi connectivity index (χ0v) is 9.69. The summed E-state index contributed by atoms with van der Waals surface area (Å²) >= 11 is 0. The highest BCUT2D eigenvalue weighted by atomic mass is 16.4. The van der Waals surface area contributed by atoms with Crippen LogP contribution in [0.25, 0.3) is 0 Å². The first-order valence-corrected chi connectivity index (χ1v) is 5.17. The zero-order chi connectivity index (χ0) is 11.8. The number of hydrogen-bond acceptors (Lipinski definition) is 2. The summed E-state index contributed by atoms with van der Waals surface area (Å²) in [5.41, 5.74) is 0. The Labute approximate surface area is 90.7 Å². The van der Waals surface area contributed by atoms with Gasteiger partial charge >= 0.3 is 12.0 Å². The first kappa shape index (κ1) is 13.7. The van der Waals surface area contributed by atoms with Crippen molar-refractivity contribution in [2.45, 2.75) is 26.2 Å². The van der Waals surface area contributed by atoms with Crippen molar-refractivity contribution in [2.75, 3.05) is 27.2 Å². The molecule has 15 heavy (non-hydrogen) atoms. The van der Waals surface area contributed by atoms with Crippen molar-refractivity contribution in [3.63, 3.8) is 0 Å². The van der Waals surface area contributed by atoms with E-state index in [-0.39, 0.29) is 19.0 Å². The fraction of sp³-hybridized carbons (Fsp3) is 0.800. The minimum absolute atomic E-state index is 0.0101. The average Bonchev–Trinajstić information content (AvgIpc) is 2.21. The van der Waals surface area contributed by atoms with E-state index < -0.39 is 5.97 Å². The third kappa shape index (κ3) is 5.93. The number of carbonyl (C=O) groups excluding carboxylic acids is 1. The lowest BCUT2D eigenvalue weighted by Gasteiger charge is -2.24. The van der Waals surface area contributed by atoms with Gasteiger partial charge in [0, 0.05) is 27.2 Å². The third-order valence-electron chi connectivity index (χ3n) is 2.16. The minimum atomic E-state index is -0.883. The van der Waals surface area contributed by atoms with E-state index in [0.717, 1.165) is 12.8 Å². The van der Waals surface area contributed by atoms with Gasteiger partial charge in [-0.25, -0.2) is 4.79 Å². The Morgan fingerprint density at radius 2 is 1.67 bits per heavy atom. The number of nitrogens with zero attached hydrogens (tertiary/aromatic N) is 2. The number of rotatable bonds is 6. The lowest BCUT2D eigenvalue weighted by atomic mass is 10.3. The van der Waals surface area contributed by atoms with Crippen LogP contribution in [0.2, 0.25) is 0 Å². The maximum absolute atomic E-state index is 11.6. The predicted molar refractivity (Wildman–Crippen MR) is 57.8 cm³/mol. The number of carboxylic acids is 1. The molecule has 0 aromatic heterocycles. The van der Waals surface area contributed by atoms with Crippen molar-refractivity contribution in [3.05, 3.63) is 0 Å². The Morgan fingerprint density at radius 3 is 2.13 bits per heavy atom. The second-order valence-electron chi connectivity index (χ2n) is 3.62. The van der Waals surface area contributed by atoms with E-state index in [0.29, 0.717) is 6.54 Å². The third-order valence-corrected chi connectivity index (χ3v) is 2.16. The molecule has 5 heteroatoms. The average molecular weight is 216 g/mol. The molecule has 2 amide bonds. The van der Waals surface area contributed by atoms with Gasteiger partial charge in [0.25, 0.3) is 0 Å². The summed E-state index contributed by atoms with van der Waals surface area (Å²) in [6.07, 6.45) is 2.00. The number of aliphatic carboxylic acids is 1. The molecule has 0 spiro atoms. The normalized spacial score (nSPS) is 9.80. The van der Waals surface area contributed by atoms with E-state index >= 15 is 0 Å². The van der Waals surface area contributed by atoms with E-state index in [1.807, 2.05) is 0 Å². The molecule has 0 rings (SSSR count). The second-order valence-corrected chi connectivity index (χ2v) is 3.62. The molecule has 0 aromatic rings. The van der Waals surface area contributed by atoms with Gasteiger partial charge < -0.3 is 14.9 Å². The molecule has 0 aliphatic rings. The summed E-state index contributed by atoms with van der Waals surface area (Å²) in [4.78, 5) is 25.0. The van der Waals surface area contributed by atoms with Crippen molar-refractivity contribution < 1.29 is 14.7 Å². The SMILES string of the molecule is CCCCN(C)C(=O)N(C)CCC(=O)O. The molecule has 0 saturated heterocycles. The Hall–Kier alpha value is -1.26. The Kier molecular flexibility index (Phi) is 6.49.